The Morgan fingerprint density at radius 1 is 1.11 bits per heavy atom. The maximum Gasteiger partial charge on any atom is 0.357 e. The SMILES string of the molecule is CC(C)OC(=O)c1cc2c(cn1)[nH]c1ccc(NCc3ccc(F)cc3)cc12. The first-order chi connectivity index (χ1) is 13.5. The number of hydrogen-bond acceptors (Lipinski definition) is 4. The fraction of sp³-hybridized carbons (Fsp3) is 0.182. The fourth-order valence-corrected chi connectivity index (χ4v) is 3.10. The number of carbonyl (C=O) groups is 1. The zero-order valence-electron chi connectivity index (χ0n) is 15.6. The molecule has 0 spiro atoms. The molecule has 0 atom stereocenters. The molecule has 0 aliphatic carbocycles. The minimum absolute atomic E-state index is 0.199. The molecule has 0 bridgehead atoms. The Morgan fingerprint density at radius 2 is 1.86 bits per heavy atom. The van der Waals surface area contributed by atoms with Crippen molar-refractivity contribution in [1.82, 2.24) is 9.97 Å². The number of H-pyrrole nitrogens is 1. The molecule has 2 aromatic heterocycles. The molecule has 0 saturated heterocycles. The summed E-state index contributed by atoms with van der Waals surface area (Å²) in [7, 11) is 0. The zero-order valence-corrected chi connectivity index (χ0v) is 15.6. The lowest BCUT2D eigenvalue weighted by molar-refractivity contribution is 0.0371. The van der Waals surface area contributed by atoms with E-state index in [0.29, 0.717) is 6.54 Å². The molecule has 4 aromatic rings. The number of pyridine rings is 1. The maximum atomic E-state index is 13.0. The highest BCUT2D eigenvalue weighted by Gasteiger charge is 2.14. The molecule has 0 unspecified atom stereocenters. The Bertz CT molecular complexity index is 1150. The largest absolute Gasteiger partial charge is 0.458 e. The van der Waals surface area contributed by atoms with Gasteiger partial charge >= 0.3 is 5.97 Å². The van der Waals surface area contributed by atoms with Crippen LogP contribution in [0.25, 0.3) is 21.8 Å². The summed E-state index contributed by atoms with van der Waals surface area (Å²) in [5.74, 6) is -0.679. The molecule has 142 valence electrons. The quantitative estimate of drug-likeness (QED) is 0.479. The molecule has 5 nitrogen and oxygen atoms in total. The summed E-state index contributed by atoms with van der Waals surface area (Å²) >= 11 is 0. The van der Waals surface area contributed by atoms with Crippen LogP contribution in [0.15, 0.2) is 54.7 Å². The summed E-state index contributed by atoms with van der Waals surface area (Å²) < 4.78 is 18.3. The van der Waals surface area contributed by atoms with Gasteiger partial charge in [0.2, 0.25) is 0 Å². The molecule has 2 heterocycles. The maximum absolute atomic E-state index is 13.0. The van der Waals surface area contributed by atoms with Crippen molar-refractivity contribution in [3.05, 3.63) is 71.8 Å². The molecular weight excluding hydrogens is 357 g/mol. The van der Waals surface area contributed by atoms with E-state index in [0.717, 1.165) is 33.1 Å². The van der Waals surface area contributed by atoms with Gasteiger partial charge in [0.1, 0.15) is 11.5 Å². The number of carbonyl (C=O) groups excluding carboxylic acids is 1. The number of esters is 1. The minimum Gasteiger partial charge on any atom is -0.458 e. The lowest BCUT2D eigenvalue weighted by Crippen LogP contribution is -2.12. The van der Waals surface area contributed by atoms with Crippen molar-refractivity contribution in [3.63, 3.8) is 0 Å². The van der Waals surface area contributed by atoms with Gasteiger partial charge in [-0.05, 0) is 55.8 Å². The Hall–Kier alpha value is -3.41. The summed E-state index contributed by atoms with van der Waals surface area (Å²) in [4.78, 5) is 19.7. The van der Waals surface area contributed by atoms with E-state index in [2.05, 4.69) is 15.3 Å². The average Bonchev–Trinajstić information content (AvgIpc) is 3.04. The van der Waals surface area contributed by atoms with Crippen molar-refractivity contribution in [3.8, 4) is 0 Å². The smallest absolute Gasteiger partial charge is 0.357 e. The number of aromatic nitrogens is 2. The number of rotatable bonds is 5. The minimum atomic E-state index is -0.433. The van der Waals surface area contributed by atoms with Gasteiger partial charge in [0.05, 0.1) is 17.8 Å². The molecule has 0 amide bonds. The normalized spacial score (nSPS) is 11.3. The summed E-state index contributed by atoms with van der Waals surface area (Å²) in [6, 6.07) is 14.1. The Morgan fingerprint density at radius 3 is 2.61 bits per heavy atom. The van der Waals surface area contributed by atoms with Gasteiger partial charge < -0.3 is 15.0 Å². The lowest BCUT2D eigenvalue weighted by atomic mass is 10.1. The number of benzene rings is 2. The van der Waals surface area contributed by atoms with Gasteiger partial charge in [0.15, 0.2) is 0 Å². The summed E-state index contributed by atoms with van der Waals surface area (Å²) in [6.45, 7) is 4.20. The lowest BCUT2D eigenvalue weighted by Gasteiger charge is -2.08. The molecule has 2 N–H and O–H groups in total. The van der Waals surface area contributed by atoms with E-state index in [1.54, 1.807) is 38.2 Å². The monoisotopic (exact) mass is 377 g/mol. The van der Waals surface area contributed by atoms with Crippen LogP contribution in [0.3, 0.4) is 0 Å². The summed E-state index contributed by atoms with van der Waals surface area (Å²) in [6.07, 6.45) is 1.45. The Balaban J connectivity index is 1.64. The third-order valence-electron chi connectivity index (χ3n) is 4.44. The second-order valence-corrected chi connectivity index (χ2v) is 6.93. The molecule has 0 radical (unpaired) electrons. The molecule has 0 fully saturated rings. The third kappa shape index (κ3) is 3.67. The molecule has 4 rings (SSSR count). The van der Waals surface area contributed by atoms with E-state index < -0.39 is 5.97 Å². The Kier molecular flexibility index (Phi) is 4.69. The van der Waals surface area contributed by atoms with Crippen LogP contribution in [-0.4, -0.2) is 22.0 Å². The summed E-state index contributed by atoms with van der Waals surface area (Å²) in [5, 5.41) is 5.24. The van der Waals surface area contributed by atoms with Gasteiger partial charge in [0, 0.05) is 28.5 Å². The second-order valence-electron chi connectivity index (χ2n) is 6.93. The number of anilines is 1. The van der Waals surface area contributed by atoms with Crippen LogP contribution < -0.4 is 5.32 Å². The van der Waals surface area contributed by atoms with Crippen LogP contribution in [0.4, 0.5) is 10.1 Å². The van der Waals surface area contributed by atoms with Crippen LogP contribution in [0.2, 0.25) is 0 Å². The van der Waals surface area contributed by atoms with Gasteiger partial charge in [-0.2, -0.15) is 0 Å². The molecule has 0 aliphatic rings. The molecule has 6 heteroatoms. The first kappa shape index (κ1) is 18.0. The van der Waals surface area contributed by atoms with Crippen molar-refractivity contribution < 1.29 is 13.9 Å². The number of fused-ring (bicyclic) bond motifs is 3. The van der Waals surface area contributed by atoms with E-state index in [9.17, 15) is 9.18 Å². The van der Waals surface area contributed by atoms with Crippen LogP contribution >= 0.6 is 0 Å². The van der Waals surface area contributed by atoms with Gasteiger partial charge in [-0.3, -0.25) is 0 Å². The van der Waals surface area contributed by atoms with Crippen molar-refractivity contribution in [2.24, 2.45) is 0 Å². The van der Waals surface area contributed by atoms with Gasteiger partial charge in [0.25, 0.3) is 0 Å². The van der Waals surface area contributed by atoms with Crippen LogP contribution in [0, 0.1) is 5.82 Å². The molecule has 28 heavy (non-hydrogen) atoms. The van der Waals surface area contributed by atoms with Gasteiger partial charge in [-0.15, -0.1) is 0 Å². The van der Waals surface area contributed by atoms with Crippen LogP contribution in [0.5, 0.6) is 0 Å². The molecule has 2 aromatic carbocycles. The van der Waals surface area contributed by atoms with Crippen molar-refractivity contribution in [2.75, 3.05) is 5.32 Å². The highest BCUT2D eigenvalue weighted by atomic mass is 19.1. The van der Waals surface area contributed by atoms with E-state index in [4.69, 9.17) is 4.74 Å². The van der Waals surface area contributed by atoms with E-state index in [1.165, 1.54) is 12.1 Å². The molecule has 0 saturated carbocycles. The van der Waals surface area contributed by atoms with Gasteiger partial charge in [-0.1, -0.05) is 12.1 Å². The van der Waals surface area contributed by atoms with Gasteiger partial charge in [-0.25, -0.2) is 14.2 Å². The number of nitrogens with zero attached hydrogens (tertiary/aromatic N) is 1. The topological polar surface area (TPSA) is 67.0 Å². The van der Waals surface area contributed by atoms with Crippen molar-refractivity contribution in [2.45, 2.75) is 26.5 Å². The molecule has 0 aliphatic heterocycles. The van der Waals surface area contributed by atoms with Crippen LogP contribution in [-0.2, 0) is 11.3 Å². The van der Waals surface area contributed by atoms with Crippen molar-refractivity contribution in [1.29, 1.82) is 0 Å². The van der Waals surface area contributed by atoms with Crippen molar-refractivity contribution >= 4 is 33.5 Å². The first-order valence-electron chi connectivity index (χ1n) is 9.10. The second kappa shape index (κ2) is 7.31. The number of nitrogens with one attached hydrogen (secondary N) is 2. The standard InChI is InChI=1S/C22H20FN3O2/c1-13(2)28-22(27)20-10-18-17-9-16(7-8-19(17)26-21(18)12-25-20)24-11-14-3-5-15(23)6-4-14/h3-10,12-13,24,26H,11H2,1-2H3. The van der Waals surface area contributed by atoms with E-state index in [1.807, 2.05) is 18.2 Å². The summed E-state index contributed by atoms with van der Waals surface area (Å²) in [5.41, 5.74) is 4.02. The molecular formula is C22H20FN3O2. The zero-order chi connectivity index (χ0) is 19.7. The number of aromatic amines is 1. The highest BCUT2D eigenvalue weighted by Crippen LogP contribution is 2.28. The Labute approximate surface area is 161 Å². The average molecular weight is 377 g/mol. The highest BCUT2D eigenvalue weighted by molar-refractivity contribution is 6.09. The third-order valence-corrected chi connectivity index (χ3v) is 4.44. The number of ether oxygens (including phenoxy) is 1. The van der Waals surface area contributed by atoms with E-state index >= 15 is 0 Å². The first-order valence-corrected chi connectivity index (χ1v) is 9.10. The fourth-order valence-electron chi connectivity index (χ4n) is 3.10. The number of hydrogen-bond donors (Lipinski definition) is 2. The number of halogens is 1. The van der Waals surface area contributed by atoms with Crippen LogP contribution in [0.1, 0.15) is 29.9 Å². The van der Waals surface area contributed by atoms with E-state index in [-0.39, 0.29) is 17.6 Å². The predicted octanol–water partition coefficient (Wildman–Crippen LogP) is 5.03. The predicted molar refractivity (Wildman–Crippen MR) is 108 cm³/mol.